The molecule has 6 nitrogen and oxygen atoms in total. The molecule has 2 fully saturated rings. The molecule has 2 N–H and O–H groups in total. The van der Waals surface area contributed by atoms with Crippen LogP contribution in [0, 0.1) is 0 Å². The number of rotatable bonds is 3. The zero-order valence-electron chi connectivity index (χ0n) is 14.4. The molecule has 3 aliphatic rings. The van der Waals surface area contributed by atoms with Crippen LogP contribution in [0.1, 0.15) is 43.1 Å². The van der Waals surface area contributed by atoms with Crippen molar-refractivity contribution in [3.63, 3.8) is 0 Å². The van der Waals surface area contributed by atoms with Gasteiger partial charge >= 0.3 is 0 Å². The molecule has 3 heterocycles. The highest BCUT2D eigenvalue weighted by atomic mass is 35.5. The highest BCUT2D eigenvalue weighted by Crippen LogP contribution is 2.51. The van der Waals surface area contributed by atoms with Crippen molar-refractivity contribution in [2.75, 3.05) is 13.1 Å². The number of aromatic nitrogens is 1. The summed E-state index contributed by atoms with van der Waals surface area (Å²) in [5.74, 6) is -0.252. The molecule has 1 spiro atoms. The molecule has 0 unspecified atom stereocenters. The second kappa shape index (κ2) is 5.24. The van der Waals surface area contributed by atoms with E-state index in [1.54, 1.807) is 11.8 Å². The van der Waals surface area contributed by atoms with E-state index in [2.05, 4.69) is 9.88 Å². The fourth-order valence-corrected chi connectivity index (χ4v) is 5.65. The molecule has 8 heteroatoms. The number of halogens is 1. The molecule has 2 saturated carbocycles. The first-order valence-electron chi connectivity index (χ1n) is 8.89. The molecule has 26 heavy (non-hydrogen) atoms. The topological polar surface area (TPSA) is 74.6 Å². The second-order valence-corrected chi connectivity index (χ2v) is 9.94. The van der Waals surface area contributed by atoms with Crippen LogP contribution in [0.25, 0.3) is 10.2 Å². The van der Waals surface area contributed by atoms with Gasteiger partial charge in [-0.2, -0.15) is 0 Å². The molecule has 5 rings (SSSR count). The lowest BCUT2D eigenvalue weighted by atomic mass is 9.77. The number of aliphatic hydroxyl groups is 1. The van der Waals surface area contributed by atoms with E-state index < -0.39 is 5.60 Å². The van der Waals surface area contributed by atoms with Gasteiger partial charge in [-0.25, -0.2) is 0 Å². The van der Waals surface area contributed by atoms with Crippen molar-refractivity contribution in [3.05, 3.63) is 22.2 Å². The van der Waals surface area contributed by atoms with E-state index in [4.69, 9.17) is 11.6 Å². The van der Waals surface area contributed by atoms with Gasteiger partial charge < -0.3 is 19.9 Å². The molecule has 2 aromatic rings. The van der Waals surface area contributed by atoms with Gasteiger partial charge in [-0.3, -0.25) is 9.59 Å². The average molecular weight is 394 g/mol. The number of carbonyl (C=O) groups is 2. The van der Waals surface area contributed by atoms with E-state index in [1.165, 1.54) is 11.3 Å². The predicted octanol–water partition coefficient (Wildman–Crippen LogP) is 2.33. The van der Waals surface area contributed by atoms with E-state index in [9.17, 15) is 14.7 Å². The van der Waals surface area contributed by atoms with Gasteiger partial charge in [0.1, 0.15) is 5.69 Å². The Bertz CT molecular complexity index is 935. The molecular weight excluding hydrogens is 374 g/mol. The first-order valence-corrected chi connectivity index (χ1v) is 10.1. The van der Waals surface area contributed by atoms with Crippen LogP contribution in [0.5, 0.6) is 0 Å². The van der Waals surface area contributed by atoms with Crippen LogP contribution < -0.4 is 5.32 Å². The van der Waals surface area contributed by atoms with Gasteiger partial charge in [0.2, 0.25) is 5.91 Å². The number of carbonyl (C=O) groups excluding carboxylic acids is 2. The molecular formula is C18H20ClN3O3S. The third kappa shape index (κ3) is 2.48. The molecule has 2 aromatic heterocycles. The number of thiophene rings is 1. The van der Waals surface area contributed by atoms with Crippen molar-refractivity contribution in [1.29, 1.82) is 0 Å². The highest BCUT2D eigenvalue weighted by molar-refractivity contribution is 7.22. The van der Waals surface area contributed by atoms with E-state index >= 15 is 0 Å². The summed E-state index contributed by atoms with van der Waals surface area (Å²) in [5, 5.41) is 12.7. The van der Waals surface area contributed by atoms with Gasteiger partial charge in [0.05, 0.1) is 32.2 Å². The molecule has 0 saturated heterocycles. The van der Waals surface area contributed by atoms with Crippen molar-refractivity contribution < 1.29 is 14.7 Å². The molecule has 0 atom stereocenters. The van der Waals surface area contributed by atoms with Crippen molar-refractivity contribution in [3.8, 4) is 0 Å². The molecule has 2 amide bonds. The summed E-state index contributed by atoms with van der Waals surface area (Å²) in [6, 6.07) is 3.84. The lowest BCUT2D eigenvalue weighted by Crippen LogP contribution is -2.56. The van der Waals surface area contributed by atoms with E-state index in [-0.39, 0.29) is 29.9 Å². The minimum Gasteiger partial charge on any atom is -0.390 e. The van der Waals surface area contributed by atoms with Crippen LogP contribution in [0.4, 0.5) is 0 Å². The Morgan fingerprint density at radius 1 is 1.42 bits per heavy atom. The van der Waals surface area contributed by atoms with Gasteiger partial charge in [0.15, 0.2) is 0 Å². The molecule has 138 valence electrons. The van der Waals surface area contributed by atoms with Crippen molar-refractivity contribution in [2.45, 2.75) is 49.8 Å². The second-order valence-electron chi connectivity index (χ2n) is 8.22. The summed E-state index contributed by atoms with van der Waals surface area (Å²) in [7, 11) is 0. The summed E-state index contributed by atoms with van der Waals surface area (Å²) in [5.41, 5.74) is 0.924. The summed E-state index contributed by atoms with van der Waals surface area (Å²) in [6.45, 7) is 2.40. The zero-order valence-corrected chi connectivity index (χ0v) is 16.0. The molecule has 0 aromatic carbocycles. The lowest BCUT2D eigenvalue weighted by Gasteiger charge is -2.41. The monoisotopic (exact) mass is 393 g/mol. The van der Waals surface area contributed by atoms with Gasteiger partial charge in [0, 0.05) is 12.6 Å². The number of hydrogen-bond acceptors (Lipinski definition) is 4. The van der Waals surface area contributed by atoms with Gasteiger partial charge in [-0.15, -0.1) is 11.3 Å². The fourth-order valence-electron chi connectivity index (χ4n) is 4.49. The Balaban J connectivity index is 1.36. The van der Waals surface area contributed by atoms with E-state index in [1.807, 2.05) is 12.1 Å². The summed E-state index contributed by atoms with van der Waals surface area (Å²) >= 11 is 7.62. The van der Waals surface area contributed by atoms with Crippen molar-refractivity contribution in [2.24, 2.45) is 0 Å². The molecule has 0 radical (unpaired) electrons. The van der Waals surface area contributed by atoms with Crippen LogP contribution in [-0.2, 0) is 10.3 Å². The van der Waals surface area contributed by atoms with Crippen molar-refractivity contribution in [1.82, 2.24) is 14.8 Å². The van der Waals surface area contributed by atoms with Gasteiger partial charge in [-0.05, 0) is 44.7 Å². The number of nitrogens with one attached hydrogen (secondary N) is 1. The lowest BCUT2D eigenvalue weighted by molar-refractivity contribution is -0.125. The standard InChI is InChI=1S/C18H20ClN3O3S/c1-17(25)6-10(7-17)20-15(23)8-21-9-18(2-3-18)22-11-5-14(19)26-13(11)4-12(22)16(21)24/h4-5,10,25H,2-3,6-9H2,1H3,(H,20,23)/t10-,17+. The molecule has 1 aliphatic heterocycles. The fraction of sp³-hybridized carbons (Fsp3) is 0.556. The number of fused-ring (bicyclic) bond motifs is 4. The number of hydrogen-bond donors (Lipinski definition) is 2. The van der Waals surface area contributed by atoms with Crippen LogP contribution in [0.2, 0.25) is 4.34 Å². The maximum absolute atomic E-state index is 12.9. The van der Waals surface area contributed by atoms with Gasteiger partial charge in [-0.1, -0.05) is 11.6 Å². The average Bonchev–Trinajstić information content (AvgIpc) is 3.04. The molecule has 0 bridgehead atoms. The zero-order chi connectivity index (χ0) is 18.3. The highest BCUT2D eigenvalue weighted by Gasteiger charge is 2.52. The normalized spacial score (nSPS) is 29.0. The first-order chi connectivity index (χ1) is 12.3. The predicted molar refractivity (Wildman–Crippen MR) is 99.7 cm³/mol. The Hall–Kier alpha value is -1.57. The van der Waals surface area contributed by atoms with Crippen LogP contribution in [0.15, 0.2) is 12.1 Å². The number of amides is 2. The van der Waals surface area contributed by atoms with Crippen LogP contribution in [0.3, 0.4) is 0 Å². The quantitative estimate of drug-likeness (QED) is 0.840. The van der Waals surface area contributed by atoms with E-state index in [0.29, 0.717) is 25.1 Å². The Kier molecular flexibility index (Phi) is 3.34. The third-order valence-corrected chi connectivity index (χ3v) is 7.02. The largest absolute Gasteiger partial charge is 0.390 e. The maximum atomic E-state index is 12.9. The minimum absolute atomic E-state index is 0.00335. The SMILES string of the molecule is C[C@]1(O)C[C@@H](NC(=O)CN2CC3(CC3)n3c(cc4sc(Cl)cc43)C2=O)C1. The summed E-state index contributed by atoms with van der Waals surface area (Å²) < 4.78 is 3.89. The third-order valence-electron chi connectivity index (χ3n) is 5.82. The van der Waals surface area contributed by atoms with Crippen LogP contribution >= 0.6 is 22.9 Å². The minimum atomic E-state index is -0.676. The number of nitrogens with zero attached hydrogens (tertiary/aromatic N) is 2. The van der Waals surface area contributed by atoms with Crippen LogP contribution in [-0.4, -0.2) is 51.1 Å². The Labute approximate surface area is 159 Å². The summed E-state index contributed by atoms with van der Waals surface area (Å²) in [4.78, 5) is 27.0. The smallest absolute Gasteiger partial charge is 0.271 e. The van der Waals surface area contributed by atoms with E-state index in [0.717, 1.165) is 27.4 Å². The summed E-state index contributed by atoms with van der Waals surface area (Å²) in [6.07, 6.45) is 3.15. The first kappa shape index (κ1) is 16.6. The maximum Gasteiger partial charge on any atom is 0.271 e. The Morgan fingerprint density at radius 3 is 2.81 bits per heavy atom. The Morgan fingerprint density at radius 2 is 2.15 bits per heavy atom. The van der Waals surface area contributed by atoms with Crippen molar-refractivity contribution >= 4 is 45.0 Å². The van der Waals surface area contributed by atoms with Gasteiger partial charge in [0.25, 0.3) is 5.91 Å². The molecule has 2 aliphatic carbocycles.